The van der Waals surface area contributed by atoms with E-state index in [1.807, 2.05) is 30.3 Å². The lowest BCUT2D eigenvalue weighted by Crippen LogP contribution is -1.99. The Bertz CT molecular complexity index is 1070. The van der Waals surface area contributed by atoms with E-state index in [4.69, 9.17) is 18.9 Å². The minimum atomic E-state index is -0.181. The number of hydrogen-bond acceptors (Lipinski definition) is 5. The number of Topliss-reactive ketones (excluding diaryl/α,β-unsaturated/α-hetero) is 1. The summed E-state index contributed by atoms with van der Waals surface area (Å²) in [4.78, 5) is 12.7. The Balaban J connectivity index is 1.56. The van der Waals surface area contributed by atoms with Gasteiger partial charge in [0.05, 0.1) is 19.8 Å². The molecule has 1 heterocycles. The molecule has 0 atom stereocenters. The van der Waals surface area contributed by atoms with Crippen LogP contribution in [0.1, 0.15) is 21.5 Å². The van der Waals surface area contributed by atoms with Gasteiger partial charge < -0.3 is 18.9 Å². The molecule has 1 aliphatic rings. The molecule has 5 heteroatoms. The molecule has 0 radical (unpaired) electrons. The number of fused-ring (bicyclic) bond motifs is 1. The first-order chi connectivity index (χ1) is 14.2. The third-order valence-corrected chi connectivity index (χ3v) is 4.61. The summed E-state index contributed by atoms with van der Waals surface area (Å²) in [5, 5.41) is 0. The predicted molar refractivity (Wildman–Crippen MR) is 110 cm³/mol. The topological polar surface area (TPSA) is 54.0 Å². The molecule has 0 amide bonds. The van der Waals surface area contributed by atoms with Crippen LogP contribution in [-0.2, 0) is 6.61 Å². The van der Waals surface area contributed by atoms with E-state index in [0.717, 1.165) is 5.56 Å². The molecule has 5 nitrogen and oxygen atoms in total. The van der Waals surface area contributed by atoms with Crippen molar-refractivity contribution < 1.29 is 23.7 Å². The summed E-state index contributed by atoms with van der Waals surface area (Å²) >= 11 is 0. The number of methoxy groups -OCH3 is 2. The highest BCUT2D eigenvalue weighted by Gasteiger charge is 2.28. The van der Waals surface area contributed by atoms with Gasteiger partial charge in [-0.1, -0.05) is 30.3 Å². The first kappa shape index (κ1) is 18.6. The number of hydrogen-bond donors (Lipinski definition) is 0. The highest BCUT2D eigenvalue weighted by Crippen LogP contribution is 2.36. The van der Waals surface area contributed by atoms with E-state index in [2.05, 4.69) is 0 Å². The van der Waals surface area contributed by atoms with Gasteiger partial charge in [0, 0.05) is 11.6 Å². The highest BCUT2D eigenvalue weighted by molar-refractivity contribution is 6.14. The molecule has 3 aromatic rings. The summed E-state index contributed by atoms with van der Waals surface area (Å²) in [6.45, 7) is 0.442. The van der Waals surface area contributed by atoms with Crippen LogP contribution in [0.2, 0.25) is 0 Å². The number of ether oxygens (including phenoxy) is 4. The summed E-state index contributed by atoms with van der Waals surface area (Å²) in [7, 11) is 3.16. The van der Waals surface area contributed by atoms with E-state index in [1.54, 1.807) is 56.7 Å². The fourth-order valence-corrected chi connectivity index (χ4v) is 3.09. The monoisotopic (exact) mass is 388 g/mol. The van der Waals surface area contributed by atoms with E-state index in [0.29, 0.717) is 40.7 Å². The van der Waals surface area contributed by atoms with Gasteiger partial charge in [0.15, 0.2) is 5.76 Å². The third kappa shape index (κ3) is 3.94. The number of carbonyl (C=O) groups is 1. The molecule has 3 aromatic carbocycles. The van der Waals surface area contributed by atoms with Crippen molar-refractivity contribution in [2.45, 2.75) is 6.61 Å². The van der Waals surface area contributed by atoms with Gasteiger partial charge >= 0.3 is 0 Å². The number of carbonyl (C=O) groups excluding carboxylic acids is 1. The number of allylic oxidation sites excluding steroid dienone is 1. The lowest BCUT2D eigenvalue weighted by atomic mass is 10.1. The van der Waals surface area contributed by atoms with Crippen molar-refractivity contribution in [2.75, 3.05) is 14.2 Å². The van der Waals surface area contributed by atoms with Crippen LogP contribution in [0.15, 0.2) is 72.5 Å². The van der Waals surface area contributed by atoms with Crippen LogP contribution in [-0.4, -0.2) is 20.0 Å². The van der Waals surface area contributed by atoms with E-state index < -0.39 is 0 Å². The Morgan fingerprint density at radius 1 is 0.897 bits per heavy atom. The van der Waals surface area contributed by atoms with Crippen LogP contribution >= 0.6 is 0 Å². The van der Waals surface area contributed by atoms with E-state index in [1.165, 1.54) is 0 Å². The molecule has 29 heavy (non-hydrogen) atoms. The summed E-state index contributed by atoms with van der Waals surface area (Å²) in [5.41, 5.74) is 2.27. The third-order valence-electron chi connectivity index (χ3n) is 4.61. The van der Waals surface area contributed by atoms with Crippen molar-refractivity contribution in [2.24, 2.45) is 0 Å². The number of rotatable bonds is 6. The molecule has 0 saturated carbocycles. The minimum absolute atomic E-state index is 0.181. The van der Waals surface area contributed by atoms with Crippen LogP contribution in [0.25, 0.3) is 6.08 Å². The fourth-order valence-electron chi connectivity index (χ4n) is 3.09. The zero-order valence-corrected chi connectivity index (χ0v) is 16.2. The van der Waals surface area contributed by atoms with Crippen molar-refractivity contribution in [3.05, 3.63) is 89.2 Å². The van der Waals surface area contributed by atoms with Crippen molar-refractivity contribution in [1.82, 2.24) is 0 Å². The lowest BCUT2D eigenvalue weighted by molar-refractivity contribution is 0.101. The van der Waals surface area contributed by atoms with Gasteiger partial charge in [0.1, 0.15) is 29.6 Å². The Morgan fingerprint density at radius 2 is 1.69 bits per heavy atom. The SMILES string of the molecule is COc1ccc(OC)c(C=C2Oc3cc(OCc4ccccc4)ccc3C2=O)c1. The summed E-state index contributed by atoms with van der Waals surface area (Å²) in [6, 6.07) is 20.5. The van der Waals surface area contributed by atoms with E-state index in [9.17, 15) is 4.79 Å². The molecule has 0 fully saturated rings. The maximum atomic E-state index is 12.7. The van der Waals surface area contributed by atoms with Gasteiger partial charge in [-0.2, -0.15) is 0 Å². The van der Waals surface area contributed by atoms with Gasteiger partial charge in [-0.05, 0) is 42.0 Å². The maximum Gasteiger partial charge on any atom is 0.231 e. The average molecular weight is 388 g/mol. The van der Waals surface area contributed by atoms with Gasteiger partial charge in [-0.3, -0.25) is 4.79 Å². The molecular formula is C24H20O5. The molecule has 0 aromatic heterocycles. The van der Waals surface area contributed by atoms with Crippen LogP contribution in [0, 0.1) is 0 Å². The van der Waals surface area contributed by atoms with Gasteiger partial charge in [-0.25, -0.2) is 0 Å². The molecule has 4 rings (SSSR count). The van der Waals surface area contributed by atoms with Crippen molar-refractivity contribution in [3.8, 4) is 23.0 Å². The van der Waals surface area contributed by atoms with Crippen LogP contribution in [0.5, 0.6) is 23.0 Å². The zero-order chi connectivity index (χ0) is 20.2. The fraction of sp³-hybridized carbons (Fsp3) is 0.125. The molecule has 0 aliphatic carbocycles. The van der Waals surface area contributed by atoms with Crippen molar-refractivity contribution in [3.63, 3.8) is 0 Å². The van der Waals surface area contributed by atoms with Crippen molar-refractivity contribution in [1.29, 1.82) is 0 Å². The second-order valence-corrected chi connectivity index (χ2v) is 6.48. The second-order valence-electron chi connectivity index (χ2n) is 6.48. The summed E-state index contributed by atoms with van der Waals surface area (Å²) in [6.07, 6.45) is 1.66. The Hall–Kier alpha value is -3.73. The smallest absolute Gasteiger partial charge is 0.231 e. The minimum Gasteiger partial charge on any atom is -0.497 e. The van der Waals surface area contributed by atoms with Gasteiger partial charge in [0.2, 0.25) is 5.78 Å². The summed E-state index contributed by atoms with van der Waals surface area (Å²) < 4.78 is 22.3. The Labute approximate surface area is 169 Å². The maximum absolute atomic E-state index is 12.7. The molecule has 0 bridgehead atoms. The molecular weight excluding hydrogens is 368 g/mol. The number of ketones is 1. The molecule has 0 unspecified atom stereocenters. The van der Waals surface area contributed by atoms with E-state index >= 15 is 0 Å². The van der Waals surface area contributed by atoms with Crippen LogP contribution in [0.4, 0.5) is 0 Å². The molecule has 0 saturated heterocycles. The Morgan fingerprint density at radius 3 is 2.45 bits per heavy atom. The lowest BCUT2D eigenvalue weighted by Gasteiger charge is -2.08. The average Bonchev–Trinajstić information content (AvgIpc) is 3.07. The summed E-state index contributed by atoms with van der Waals surface area (Å²) in [5.74, 6) is 2.45. The van der Waals surface area contributed by atoms with Crippen LogP contribution < -0.4 is 18.9 Å². The zero-order valence-electron chi connectivity index (χ0n) is 16.2. The standard InChI is InChI=1S/C24H20O5/c1-26-18-9-11-21(27-2)17(12-18)13-23-24(25)20-10-8-19(14-22(20)29-23)28-15-16-6-4-3-5-7-16/h3-14H,15H2,1-2H3. The molecule has 1 aliphatic heterocycles. The molecule has 146 valence electrons. The molecule has 0 spiro atoms. The largest absolute Gasteiger partial charge is 0.497 e. The molecule has 0 N–H and O–H groups in total. The van der Waals surface area contributed by atoms with Crippen molar-refractivity contribution >= 4 is 11.9 Å². The first-order valence-corrected chi connectivity index (χ1v) is 9.15. The van der Waals surface area contributed by atoms with Crippen LogP contribution in [0.3, 0.4) is 0 Å². The van der Waals surface area contributed by atoms with E-state index in [-0.39, 0.29) is 11.5 Å². The first-order valence-electron chi connectivity index (χ1n) is 9.15. The van der Waals surface area contributed by atoms with Gasteiger partial charge in [0.25, 0.3) is 0 Å². The normalized spacial score (nSPS) is 13.7. The predicted octanol–water partition coefficient (Wildman–Crippen LogP) is 4.90. The van der Waals surface area contributed by atoms with Gasteiger partial charge in [-0.15, -0.1) is 0 Å². The Kier molecular flexibility index (Phi) is 5.20. The number of benzene rings is 3. The second kappa shape index (κ2) is 8.10. The quantitative estimate of drug-likeness (QED) is 0.562. The highest BCUT2D eigenvalue weighted by atomic mass is 16.5.